The fraction of sp³-hybridized carbons (Fsp3) is 0.818. The van der Waals surface area contributed by atoms with Crippen molar-refractivity contribution in [3.05, 3.63) is 12.4 Å². The Morgan fingerprint density at radius 2 is 2.27 bits per heavy atom. The summed E-state index contributed by atoms with van der Waals surface area (Å²) in [6.07, 6.45) is 6.31. The van der Waals surface area contributed by atoms with Gasteiger partial charge in [-0.15, -0.1) is 5.10 Å². The summed E-state index contributed by atoms with van der Waals surface area (Å²) in [4.78, 5) is 0. The van der Waals surface area contributed by atoms with Gasteiger partial charge in [0.25, 0.3) is 0 Å². The lowest BCUT2D eigenvalue weighted by Crippen LogP contribution is -2.44. The van der Waals surface area contributed by atoms with Gasteiger partial charge in [-0.05, 0) is 24.7 Å². The van der Waals surface area contributed by atoms with Crippen LogP contribution in [0.4, 0.5) is 0 Å². The van der Waals surface area contributed by atoms with Crippen LogP contribution in [0.3, 0.4) is 0 Å². The van der Waals surface area contributed by atoms with E-state index in [0.717, 1.165) is 31.0 Å². The number of aromatic nitrogens is 3. The van der Waals surface area contributed by atoms with E-state index in [9.17, 15) is 0 Å². The van der Waals surface area contributed by atoms with Crippen molar-refractivity contribution in [2.45, 2.75) is 39.3 Å². The second-order valence-electron chi connectivity index (χ2n) is 4.79. The molecule has 0 spiro atoms. The second-order valence-corrected chi connectivity index (χ2v) is 4.79. The Morgan fingerprint density at radius 3 is 2.87 bits per heavy atom. The van der Waals surface area contributed by atoms with Crippen LogP contribution in [-0.4, -0.2) is 27.6 Å². The van der Waals surface area contributed by atoms with Crippen LogP contribution in [0, 0.1) is 11.8 Å². The minimum Gasteiger partial charge on any atom is -0.312 e. The van der Waals surface area contributed by atoms with Crippen LogP contribution in [0.1, 0.15) is 26.7 Å². The summed E-state index contributed by atoms with van der Waals surface area (Å²) in [7, 11) is 0. The van der Waals surface area contributed by atoms with E-state index in [2.05, 4.69) is 29.5 Å². The van der Waals surface area contributed by atoms with Gasteiger partial charge < -0.3 is 5.32 Å². The zero-order valence-electron chi connectivity index (χ0n) is 9.56. The first-order valence-electron chi connectivity index (χ1n) is 5.83. The largest absolute Gasteiger partial charge is 0.312 e. The molecule has 15 heavy (non-hydrogen) atoms. The third-order valence-electron chi connectivity index (χ3n) is 3.36. The van der Waals surface area contributed by atoms with Gasteiger partial charge in [-0.2, -0.15) is 0 Å². The number of rotatable bonds is 5. The van der Waals surface area contributed by atoms with Crippen LogP contribution in [-0.2, 0) is 6.54 Å². The summed E-state index contributed by atoms with van der Waals surface area (Å²) in [6, 6.07) is 0.737. The summed E-state index contributed by atoms with van der Waals surface area (Å²) >= 11 is 0. The Hall–Kier alpha value is -0.900. The molecular weight excluding hydrogens is 188 g/mol. The van der Waals surface area contributed by atoms with Crippen LogP contribution < -0.4 is 5.32 Å². The van der Waals surface area contributed by atoms with Crippen molar-refractivity contribution >= 4 is 0 Å². The normalized spacial score (nSPS) is 25.5. The molecule has 0 radical (unpaired) electrons. The molecule has 1 aliphatic rings. The van der Waals surface area contributed by atoms with Gasteiger partial charge in [-0.25, -0.2) is 0 Å². The smallest absolute Gasteiger partial charge is 0.0692 e. The number of nitrogens with zero attached hydrogens (tertiary/aromatic N) is 3. The van der Waals surface area contributed by atoms with E-state index in [0.29, 0.717) is 0 Å². The van der Waals surface area contributed by atoms with Gasteiger partial charge in [0.15, 0.2) is 0 Å². The van der Waals surface area contributed by atoms with Gasteiger partial charge in [0.05, 0.1) is 12.7 Å². The van der Waals surface area contributed by atoms with Crippen molar-refractivity contribution in [3.8, 4) is 0 Å². The number of hydrogen-bond donors (Lipinski definition) is 1. The molecule has 1 heterocycles. The summed E-state index contributed by atoms with van der Waals surface area (Å²) in [5.74, 6) is 1.78. The summed E-state index contributed by atoms with van der Waals surface area (Å²) in [6.45, 7) is 6.55. The highest BCUT2D eigenvalue weighted by molar-refractivity contribution is 4.86. The highest BCUT2D eigenvalue weighted by Gasteiger charge is 2.30. The van der Waals surface area contributed by atoms with Gasteiger partial charge in [0.1, 0.15) is 0 Å². The quantitative estimate of drug-likeness (QED) is 0.793. The first kappa shape index (κ1) is 10.6. The SMILES string of the molecule is CC(C)C1CC(NCCn2ccnn2)C1. The van der Waals surface area contributed by atoms with Crippen molar-refractivity contribution in [2.24, 2.45) is 11.8 Å². The highest BCUT2D eigenvalue weighted by Crippen LogP contribution is 2.33. The van der Waals surface area contributed by atoms with Crippen LogP contribution in [0.25, 0.3) is 0 Å². The Labute approximate surface area is 91.1 Å². The van der Waals surface area contributed by atoms with E-state index >= 15 is 0 Å². The maximum Gasteiger partial charge on any atom is 0.0692 e. The molecule has 1 saturated carbocycles. The average Bonchev–Trinajstić information content (AvgIpc) is 2.60. The minimum atomic E-state index is 0.737. The predicted octanol–water partition coefficient (Wildman–Crippen LogP) is 1.30. The van der Waals surface area contributed by atoms with Crippen LogP contribution >= 0.6 is 0 Å². The Balaban J connectivity index is 1.57. The fourth-order valence-corrected chi connectivity index (χ4v) is 2.11. The summed E-state index contributed by atoms with van der Waals surface area (Å²) in [5.41, 5.74) is 0. The van der Waals surface area contributed by atoms with E-state index < -0.39 is 0 Å². The maximum atomic E-state index is 3.93. The molecule has 1 aromatic rings. The van der Waals surface area contributed by atoms with Crippen LogP contribution in [0.5, 0.6) is 0 Å². The molecule has 1 aromatic heterocycles. The molecule has 4 heteroatoms. The van der Waals surface area contributed by atoms with Gasteiger partial charge >= 0.3 is 0 Å². The second kappa shape index (κ2) is 4.75. The first-order chi connectivity index (χ1) is 7.25. The molecule has 0 atom stereocenters. The molecule has 2 rings (SSSR count). The lowest BCUT2D eigenvalue weighted by molar-refractivity contribution is 0.167. The van der Waals surface area contributed by atoms with Crippen molar-refractivity contribution in [2.75, 3.05) is 6.54 Å². The first-order valence-corrected chi connectivity index (χ1v) is 5.83. The third-order valence-corrected chi connectivity index (χ3v) is 3.36. The van der Waals surface area contributed by atoms with Crippen molar-refractivity contribution in [1.82, 2.24) is 20.3 Å². The topological polar surface area (TPSA) is 42.7 Å². The van der Waals surface area contributed by atoms with Gasteiger partial charge in [0, 0.05) is 18.8 Å². The molecule has 84 valence electrons. The molecule has 0 unspecified atom stereocenters. The molecular formula is C11H20N4. The summed E-state index contributed by atoms with van der Waals surface area (Å²) in [5, 5.41) is 11.3. The molecule has 0 aromatic carbocycles. The van der Waals surface area contributed by atoms with E-state index in [1.54, 1.807) is 6.20 Å². The standard InChI is InChI=1S/C11H20N4/c1-9(2)10-7-11(8-10)12-3-5-15-6-4-13-14-15/h4,6,9-12H,3,5,7-8H2,1-2H3. The zero-order chi connectivity index (χ0) is 10.7. The maximum absolute atomic E-state index is 3.93. The Morgan fingerprint density at radius 1 is 1.47 bits per heavy atom. The molecule has 4 nitrogen and oxygen atoms in total. The van der Waals surface area contributed by atoms with Crippen LogP contribution in [0.15, 0.2) is 12.4 Å². The monoisotopic (exact) mass is 208 g/mol. The third kappa shape index (κ3) is 2.78. The predicted molar refractivity (Wildman–Crippen MR) is 59.4 cm³/mol. The van der Waals surface area contributed by atoms with E-state index in [1.807, 2.05) is 10.9 Å². The van der Waals surface area contributed by atoms with E-state index in [4.69, 9.17) is 0 Å². The Kier molecular flexibility index (Phi) is 3.36. The Bertz CT molecular complexity index is 275. The summed E-state index contributed by atoms with van der Waals surface area (Å²) < 4.78 is 1.87. The van der Waals surface area contributed by atoms with Crippen LogP contribution in [0.2, 0.25) is 0 Å². The number of nitrogens with one attached hydrogen (secondary N) is 1. The van der Waals surface area contributed by atoms with E-state index in [-0.39, 0.29) is 0 Å². The fourth-order valence-electron chi connectivity index (χ4n) is 2.11. The highest BCUT2D eigenvalue weighted by atomic mass is 15.4. The lowest BCUT2D eigenvalue weighted by atomic mass is 9.74. The lowest BCUT2D eigenvalue weighted by Gasteiger charge is -2.38. The van der Waals surface area contributed by atoms with Gasteiger partial charge in [0.2, 0.25) is 0 Å². The zero-order valence-corrected chi connectivity index (χ0v) is 9.56. The molecule has 0 bridgehead atoms. The molecule has 1 fully saturated rings. The molecule has 0 aliphatic heterocycles. The van der Waals surface area contributed by atoms with Crippen molar-refractivity contribution in [1.29, 1.82) is 0 Å². The van der Waals surface area contributed by atoms with E-state index in [1.165, 1.54) is 12.8 Å². The van der Waals surface area contributed by atoms with Gasteiger partial charge in [-0.1, -0.05) is 19.1 Å². The average molecular weight is 208 g/mol. The van der Waals surface area contributed by atoms with Crippen molar-refractivity contribution in [3.63, 3.8) is 0 Å². The van der Waals surface area contributed by atoms with Gasteiger partial charge in [-0.3, -0.25) is 4.68 Å². The molecule has 0 saturated heterocycles. The number of hydrogen-bond acceptors (Lipinski definition) is 3. The molecule has 1 N–H and O–H groups in total. The molecule has 1 aliphatic carbocycles. The van der Waals surface area contributed by atoms with Crippen molar-refractivity contribution < 1.29 is 0 Å². The minimum absolute atomic E-state index is 0.737. The molecule has 0 amide bonds.